The highest BCUT2D eigenvalue weighted by Crippen LogP contribution is 2.28. The largest absolute Gasteiger partial charge is 0.369 e. The van der Waals surface area contributed by atoms with Crippen molar-refractivity contribution in [2.24, 2.45) is 11.7 Å². The van der Waals surface area contributed by atoms with Crippen LogP contribution in [0.4, 0.5) is 5.69 Å². The quantitative estimate of drug-likeness (QED) is 0.850. The Kier molecular flexibility index (Phi) is 2.96. The van der Waals surface area contributed by atoms with Gasteiger partial charge in [-0.25, -0.2) is 4.98 Å². The van der Waals surface area contributed by atoms with E-state index in [1.165, 1.54) is 18.5 Å². The standard InChI is InChI=1S/C14H20N4/c1-10-16-12-5-2-6-13(14(12)17-10)18-7-3-4-11(8-15)9-18/h2,5-6,11H,3-4,7-9,15H2,1H3,(H,16,17). The van der Waals surface area contributed by atoms with Gasteiger partial charge in [-0.2, -0.15) is 0 Å². The molecule has 1 aromatic carbocycles. The van der Waals surface area contributed by atoms with E-state index in [9.17, 15) is 0 Å². The number of fused-ring (bicyclic) bond motifs is 1. The van der Waals surface area contributed by atoms with Crippen LogP contribution >= 0.6 is 0 Å². The van der Waals surface area contributed by atoms with Crippen molar-refractivity contribution >= 4 is 16.7 Å². The lowest BCUT2D eigenvalue weighted by atomic mass is 9.97. The molecule has 1 atom stereocenters. The van der Waals surface area contributed by atoms with Crippen LogP contribution in [0.2, 0.25) is 0 Å². The number of aromatic amines is 1. The molecule has 2 heterocycles. The van der Waals surface area contributed by atoms with E-state index in [0.717, 1.165) is 36.5 Å². The fourth-order valence-corrected chi connectivity index (χ4v) is 2.87. The van der Waals surface area contributed by atoms with Crippen LogP contribution in [0.1, 0.15) is 18.7 Å². The lowest BCUT2D eigenvalue weighted by Crippen LogP contribution is -2.38. The van der Waals surface area contributed by atoms with Crippen molar-refractivity contribution in [3.05, 3.63) is 24.0 Å². The van der Waals surface area contributed by atoms with Gasteiger partial charge in [0.15, 0.2) is 0 Å². The van der Waals surface area contributed by atoms with Gasteiger partial charge in [-0.05, 0) is 44.4 Å². The number of nitrogens with zero attached hydrogens (tertiary/aromatic N) is 2. The van der Waals surface area contributed by atoms with Gasteiger partial charge in [0.2, 0.25) is 0 Å². The number of para-hydroxylation sites is 1. The maximum Gasteiger partial charge on any atom is 0.112 e. The van der Waals surface area contributed by atoms with Crippen molar-refractivity contribution in [2.75, 3.05) is 24.5 Å². The zero-order chi connectivity index (χ0) is 12.5. The highest BCUT2D eigenvalue weighted by molar-refractivity contribution is 5.88. The summed E-state index contributed by atoms with van der Waals surface area (Å²) in [6.45, 7) is 4.96. The maximum atomic E-state index is 5.81. The van der Waals surface area contributed by atoms with E-state index in [2.05, 4.69) is 33.1 Å². The first-order valence-corrected chi connectivity index (χ1v) is 6.68. The Morgan fingerprint density at radius 1 is 1.50 bits per heavy atom. The van der Waals surface area contributed by atoms with Gasteiger partial charge in [0.05, 0.1) is 11.2 Å². The number of aryl methyl sites for hydroxylation is 1. The number of nitrogens with two attached hydrogens (primary N) is 1. The summed E-state index contributed by atoms with van der Waals surface area (Å²) in [4.78, 5) is 10.3. The molecule has 4 nitrogen and oxygen atoms in total. The van der Waals surface area contributed by atoms with Crippen molar-refractivity contribution in [1.29, 1.82) is 0 Å². The summed E-state index contributed by atoms with van der Waals surface area (Å²) in [5.74, 6) is 1.60. The molecule has 0 amide bonds. The third-order valence-electron chi connectivity index (χ3n) is 3.80. The van der Waals surface area contributed by atoms with E-state index in [-0.39, 0.29) is 0 Å². The number of imidazole rings is 1. The first-order chi connectivity index (χ1) is 8.78. The maximum absolute atomic E-state index is 5.81. The third-order valence-corrected chi connectivity index (χ3v) is 3.80. The first kappa shape index (κ1) is 11.5. The summed E-state index contributed by atoms with van der Waals surface area (Å²) in [6, 6.07) is 6.35. The number of piperidine rings is 1. The minimum absolute atomic E-state index is 0.619. The highest BCUT2D eigenvalue weighted by atomic mass is 15.2. The molecule has 4 heteroatoms. The number of rotatable bonds is 2. The summed E-state index contributed by atoms with van der Waals surface area (Å²) in [5, 5.41) is 0. The Balaban J connectivity index is 1.98. The van der Waals surface area contributed by atoms with Gasteiger partial charge in [0, 0.05) is 13.1 Å². The molecule has 1 saturated heterocycles. The molecule has 0 aliphatic carbocycles. The Morgan fingerprint density at radius 3 is 3.22 bits per heavy atom. The zero-order valence-electron chi connectivity index (χ0n) is 10.8. The van der Waals surface area contributed by atoms with E-state index in [1.807, 2.05) is 6.92 Å². The second kappa shape index (κ2) is 4.61. The SMILES string of the molecule is Cc1nc2c(N3CCCC(CN)C3)cccc2[nH]1. The van der Waals surface area contributed by atoms with E-state index in [4.69, 9.17) is 5.73 Å². The van der Waals surface area contributed by atoms with Crippen LogP contribution in [0.15, 0.2) is 18.2 Å². The van der Waals surface area contributed by atoms with E-state index in [0.29, 0.717) is 5.92 Å². The Labute approximate surface area is 107 Å². The van der Waals surface area contributed by atoms with Crippen LogP contribution in [-0.4, -0.2) is 29.6 Å². The van der Waals surface area contributed by atoms with Gasteiger partial charge < -0.3 is 15.6 Å². The molecule has 0 radical (unpaired) electrons. The third kappa shape index (κ3) is 1.97. The molecule has 96 valence electrons. The summed E-state index contributed by atoms with van der Waals surface area (Å²) in [7, 11) is 0. The van der Waals surface area contributed by atoms with E-state index in [1.54, 1.807) is 0 Å². The Hall–Kier alpha value is -1.55. The topological polar surface area (TPSA) is 57.9 Å². The molecule has 1 aromatic heterocycles. The van der Waals surface area contributed by atoms with Gasteiger partial charge >= 0.3 is 0 Å². The fourth-order valence-electron chi connectivity index (χ4n) is 2.87. The first-order valence-electron chi connectivity index (χ1n) is 6.68. The predicted octanol–water partition coefficient (Wildman–Crippen LogP) is 2.05. The lowest BCUT2D eigenvalue weighted by molar-refractivity contribution is 0.424. The van der Waals surface area contributed by atoms with Crippen LogP contribution in [0, 0.1) is 12.8 Å². The predicted molar refractivity (Wildman–Crippen MR) is 74.8 cm³/mol. The summed E-state index contributed by atoms with van der Waals surface area (Å²) in [5.41, 5.74) is 9.27. The highest BCUT2D eigenvalue weighted by Gasteiger charge is 2.21. The van der Waals surface area contributed by atoms with Crippen LogP contribution in [-0.2, 0) is 0 Å². The second-order valence-electron chi connectivity index (χ2n) is 5.19. The van der Waals surface area contributed by atoms with Crippen LogP contribution in [0.5, 0.6) is 0 Å². The molecule has 3 rings (SSSR count). The van der Waals surface area contributed by atoms with Crippen molar-refractivity contribution in [2.45, 2.75) is 19.8 Å². The van der Waals surface area contributed by atoms with Crippen molar-refractivity contribution < 1.29 is 0 Å². The number of anilines is 1. The van der Waals surface area contributed by atoms with Crippen LogP contribution in [0.25, 0.3) is 11.0 Å². The molecule has 0 saturated carbocycles. The molecule has 1 aliphatic rings. The normalized spacial score (nSPS) is 20.6. The monoisotopic (exact) mass is 244 g/mol. The smallest absolute Gasteiger partial charge is 0.112 e. The lowest BCUT2D eigenvalue weighted by Gasteiger charge is -2.34. The van der Waals surface area contributed by atoms with Gasteiger partial charge in [0.1, 0.15) is 11.3 Å². The minimum atomic E-state index is 0.619. The number of H-pyrrole nitrogens is 1. The molecule has 0 spiro atoms. The summed E-state index contributed by atoms with van der Waals surface area (Å²) >= 11 is 0. The minimum Gasteiger partial charge on any atom is -0.369 e. The summed E-state index contributed by atoms with van der Waals surface area (Å²) < 4.78 is 0. The number of benzene rings is 1. The van der Waals surface area contributed by atoms with Crippen molar-refractivity contribution in [1.82, 2.24) is 9.97 Å². The molecular weight excluding hydrogens is 224 g/mol. The Bertz CT molecular complexity index is 546. The van der Waals surface area contributed by atoms with E-state index < -0.39 is 0 Å². The van der Waals surface area contributed by atoms with Crippen LogP contribution < -0.4 is 10.6 Å². The van der Waals surface area contributed by atoms with Crippen molar-refractivity contribution in [3.63, 3.8) is 0 Å². The second-order valence-corrected chi connectivity index (χ2v) is 5.19. The fraction of sp³-hybridized carbons (Fsp3) is 0.500. The number of hydrogen-bond acceptors (Lipinski definition) is 3. The molecule has 0 bridgehead atoms. The van der Waals surface area contributed by atoms with Gasteiger partial charge in [-0.15, -0.1) is 0 Å². The van der Waals surface area contributed by atoms with Gasteiger partial charge in [-0.3, -0.25) is 0 Å². The van der Waals surface area contributed by atoms with E-state index >= 15 is 0 Å². The van der Waals surface area contributed by atoms with Crippen LogP contribution in [0.3, 0.4) is 0 Å². The summed E-state index contributed by atoms with van der Waals surface area (Å²) in [6.07, 6.45) is 2.48. The molecule has 1 fully saturated rings. The number of aromatic nitrogens is 2. The average Bonchev–Trinajstić information content (AvgIpc) is 2.78. The molecule has 2 aromatic rings. The molecule has 3 N–H and O–H groups in total. The molecule has 1 unspecified atom stereocenters. The zero-order valence-corrected chi connectivity index (χ0v) is 10.8. The molecular formula is C14H20N4. The molecule has 1 aliphatic heterocycles. The number of hydrogen-bond donors (Lipinski definition) is 2. The van der Waals surface area contributed by atoms with Gasteiger partial charge in [-0.1, -0.05) is 6.07 Å². The van der Waals surface area contributed by atoms with Gasteiger partial charge in [0.25, 0.3) is 0 Å². The average molecular weight is 244 g/mol. The number of nitrogens with one attached hydrogen (secondary N) is 1. The Morgan fingerprint density at radius 2 is 2.39 bits per heavy atom. The molecule has 18 heavy (non-hydrogen) atoms. The van der Waals surface area contributed by atoms with Crippen molar-refractivity contribution in [3.8, 4) is 0 Å².